The third-order valence-corrected chi connectivity index (χ3v) is 3.96. The predicted molar refractivity (Wildman–Crippen MR) is 64.0 cm³/mol. The zero-order valence-electron chi connectivity index (χ0n) is 8.62. The van der Waals surface area contributed by atoms with Crippen LogP contribution in [-0.2, 0) is 6.42 Å². The Bertz CT molecular complexity index is 292. The van der Waals surface area contributed by atoms with E-state index >= 15 is 0 Å². The van der Waals surface area contributed by atoms with Crippen LogP contribution in [0, 0.1) is 6.92 Å². The Kier molecular flexibility index (Phi) is 3.49. The molecule has 1 aliphatic rings. The van der Waals surface area contributed by atoms with Crippen LogP contribution in [0.1, 0.15) is 11.1 Å². The molecule has 1 atom stereocenters. The van der Waals surface area contributed by atoms with Crippen molar-refractivity contribution in [1.82, 2.24) is 5.32 Å². The van der Waals surface area contributed by atoms with Gasteiger partial charge < -0.3 is 5.32 Å². The molecule has 0 aliphatic carbocycles. The van der Waals surface area contributed by atoms with Crippen molar-refractivity contribution >= 4 is 11.8 Å². The molecule has 1 nitrogen and oxygen atoms in total. The van der Waals surface area contributed by atoms with Crippen molar-refractivity contribution < 1.29 is 0 Å². The van der Waals surface area contributed by atoms with Crippen LogP contribution in [0.4, 0.5) is 0 Å². The van der Waals surface area contributed by atoms with E-state index in [1.165, 1.54) is 36.4 Å². The number of aryl methyl sites for hydroxylation is 1. The fourth-order valence-electron chi connectivity index (χ4n) is 1.84. The van der Waals surface area contributed by atoms with Crippen molar-refractivity contribution in [2.75, 3.05) is 18.8 Å². The molecule has 14 heavy (non-hydrogen) atoms. The minimum atomic E-state index is 0.768. The molecule has 0 bridgehead atoms. The summed E-state index contributed by atoms with van der Waals surface area (Å²) in [4.78, 5) is 0. The number of nitrogens with one attached hydrogen (secondary N) is 1. The van der Waals surface area contributed by atoms with E-state index < -0.39 is 0 Å². The Labute approximate surface area is 90.3 Å². The summed E-state index contributed by atoms with van der Waals surface area (Å²) in [7, 11) is 0. The van der Waals surface area contributed by atoms with Gasteiger partial charge in [0.15, 0.2) is 0 Å². The van der Waals surface area contributed by atoms with Gasteiger partial charge in [0, 0.05) is 24.1 Å². The van der Waals surface area contributed by atoms with Crippen LogP contribution in [0.25, 0.3) is 0 Å². The van der Waals surface area contributed by atoms with E-state index in [2.05, 4.69) is 48.3 Å². The van der Waals surface area contributed by atoms with Gasteiger partial charge in [-0.3, -0.25) is 0 Å². The molecule has 1 fully saturated rings. The van der Waals surface area contributed by atoms with Crippen LogP contribution in [0.2, 0.25) is 0 Å². The molecule has 0 saturated carbocycles. The molecule has 0 amide bonds. The minimum absolute atomic E-state index is 0.768. The zero-order valence-corrected chi connectivity index (χ0v) is 9.44. The van der Waals surface area contributed by atoms with Crippen LogP contribution < -0.4 is 5.32 Å². The average molecular weight is 207 g/mol. The third kappa shape index (κ3) is 2.52. The molecule has 1 saturated heterocycles. The lowest BCUT2D eigenvalue weighted by molar-refractivity contribution is 0.665. The van der Waals surface area contributed by atoms with Gasteiger partial charge in [-0.05, 0) is 24.5 Å². The van der Waals surface area contributed by atoms with Gasteiger partial charge in [-0.15, -0.1) is 0 Å². The Morgan fingerprint density at radius 3 is 3.00 bits per heavy atom. The maximum absolute atomic E-state index is 3.45. The normalized spacial score (nSPS) is 22.2. The highest BCUT2D eigenvalue weighted by Gasteiger charge is 2.14. The second-order valence-electron chi connectivity index (χ2n) is 3.83. The number of rotatable bonds is 2. The smallest absolute Gasteiger partial charge is 0.0213 e. The molecule has 1 aromatic rings. The molecular weight excluding hydrogens is 190 g/mol. The van der Waals surface area contributed by atoms with Crippen molar-refractivity contribution in [3.05, 3.63) is 35.4 Å². The van der Waals surface area contributed by atoms with Gasteiger partial charge in [0.1, 0.15) is 0 Å². The first kappa shape index (κ1) is 10.1. The first-order valence-corrected chi connectivity index (χ1v) is 6.28. The lowest BCUT2D eigenvalue weighted by atomic mass is 10.0. The fraction of sp³-hybridized carbons (Fsp3) is 0.500. The zero-order chi connectivity index (χ0) is 9.80. The van der Waals surface area contributed by atoms with Crippen molar-refractivity contribution in [2.24, 2.45) is 0 Å². The van der Waals surface area contributed by atoms with Crippen molar-refractivity contribution in [1.29, 1.82) is 0 Å². The fourth-order valence-corrected chi connectivity index (χ4v) is 2.96. The van der Waals surface area contributed by atoms with Gasteiger partial charge >= 0.3 is 0 Å². The maximum Gasteiger partial charge on any atom is 0.0213 e. The highest BCUT2D eigenvalue weighted by Crippen LogP contribution is 2.19. The standard InChI is InChI=1S/C12H17NS/c1-10-4-2-3-5-11(10)8-12-9-13-6-7-14-12/h2-5,12-13H,6-9H2,1H3. The third-order valence-electron chi connectivity index (χ3n) is 2.71. The summed E-state index contributed by atoms with van der Waals surface area (Å²) < 4.78 is 0. The first-order valence-electron chi connectivity index (χ1n) is 5.23. The van der Waals surface area contributed by atoms with Gasteiger partial charge in [0.25, 0.3) is 0 Å². The molecule has 0 aromatic heterocycles. The van der Waals surface area contributed by atoms with Crippen molar-refractivity contribution in [3.8, 4) is 0 Å². The van der Waals surface area contributed by atoms with Gasteiger partial charge in [0.2, 0.25) is 0 Å². The number of hydrogen-bond donors (Lipinski definition) is 1. The Morgan fingerprint density at radius 2 is 2.29 bits per heavy atom. The second kappa shape index (κ2) is 4.85. The highest BCUT2D eigenvalue weighted by atomic mass is 32.2. The van der Waals surface area contributed by atoms with Crippen LogP contribution in [0.15, 0.2) is 24.3 Å². The van der Waals surface area contributed by atoms with Crippen LogP contribution in [0.5, 0.6) is 0 Å². The summed E-state index contributed by atoms with van der Waals surface area (Å²) in [6.07, 6.45) is 1.21. The molecule has 2 heteroatoms. The lowest BCUT2D eigenvalue weighted by Gasteiger charge is -2.22. The monoisotopic (exact) mass is 207 g/mol. The molecule has 76 valence electrons. The van der Waals surface area contributed by atoms with E-state index in [1.807, 2.05) is 0 Å². The molecule has 1 unspecified atom stereocenters. The van der Waals surface area contributed by atoms with Gasteiger partial charge in [0.05, 0.1) is 0 Å². The summed E-state index contributed by atoms with van der Waals surface area (Å²) in [6.45, 7) is 4.55. The van der Waals surface area contributed by atoms with E-state index in [1.54, 1.807) is 0 Å². The highest BCUT2D eigenvalue weighted by molar-refractivity contribution is 8.00. The number of hydrogen-bond acceptors (Lipinski definition) is 2. The number of benzene rings is 1. The van der Waals surface area contributed by atoms with Crippen molar-refractivity contribution in [2.45, 2.75) is 18.6 Å². The van der Waals surface area contributed by atoms with E-state index in [9.17, 15) is 0 Å². The van der Waals surface area contributed by atoms with Crippen LogP contribution >= 0.6 is 11.8 Å². The molecule has 0 spiro atoms. The molecular formula is C12H17NS. The number of thioether (sulfide) groups is 1. The van der Waals surface area contributed by atoms with E-state index in [0.29, 0.717) is 0 Å². The predicted octanol–water partition coefficient (Wildman–Crippen LogP) is 2.24. The summed E-state index contributed by atoms with van der Waals surface area (Å²) >= 11 is 2.10. The maximum atomic E-state index is 3.45. The largest absolute Gasteiger partial charge is 0.315 e. The van der Waals surface area contributed by atoms with Gasteiger partial charge in [-0.25, -0.2) is 0 Å². The lowest BCUT2D eigenvalue weighted by Crippen LogP contribution is -2.33. The van der Waals surface area contributed by atoms with Gasteiger partial charge in [-0.2, -0.15) is 11.8 Å². The topological polar surface area (TPSA) is 12.0 Å². The minimum Gasteiger partial charge on any atom is -0.315 e. The van der Waals surface area contributed by atoms with Crippen LogP contribution in [-0.4, -0.2) is 24.1 Å². The second-order valence-corrected chi connectivity index (χ2v) is 5.24. The molecule has 2 rings (SSSR count). The SMILES string of the molecule is Cc1ccccc1CC1CNCCS1. The molecule has 1 N–H and O–H groups in total. The molecule has 1 aromatic carbocycles. The van der Waals surface area contributed by atoms with Crippen molar-refractivity contribution in [3.63, 3.8) is 0 Å². The van der Waals surface area contributed by atoms with Gasteiger partial charge in [-0.1, -0.05) is 24.3 Å². The summed E-state index contributed by atoms with van der Waals surface area (Å²) in [6, 6.07) is 8.72. The Hall–Kier alpha value is -0.470. The quantitative estimate of drug-likeness (QED) is 0.798. The van der Waals surface area contributed by atoms with E-state index in [0.717, 1.165) is 5.25 Å². The summed E-state index contributed by atoms with van der Waals surface area (Å²) in [5.74, 6) is 1.26. The summed E-state index contributed by atoms with van der Waals surface area (Å²) in [5.41, 5.74) is 2.94. The Balaban J connectivity index is 1.99. The molecule has 1 aliphatic heterocycles. The van der Waals surface area contributed by atoms with Crippen LogP contribution in [0.3, 0.4) is 0 Å². The summed E-state index contributed by atoms with van der Waals surface area (Å²) in [5, 5.41) is 4.22. The van der Waals surface area contributed by atoms with E-state index in [4.69, 9.17) is 0 Å². The first-order chi connectivity index (χ1) is 6.86. The Morgan fingerprint density at radius 1 is 1.43 bits per heavy atom. The van der Waals surface area contributed by atoms with E-state index in [-0.39, 0.29) is 0 Å². The average Bonchev–Trinajstić information content (AvgIpc) is 2.23. The molecule has 0 radical (unpaired) electrons. The molecule has 1 heterocycles.